The summed E-state index contributed by atoms with van der Waals surface area (Å²) in [6.45, 7) is 0.702. The Kier molecular flexibility index (Phi) is 5.69. The lowest BCUT2D eigenvalue weighted by Crippen LogP contribution is -2.30. The van der Waals surface area contributed by atoms with Crippen molar-refractivity contribution in [2.45, 2.75) is 5.37 Å². The molecule has 1 unspecified atom stereocenters. The third-order valence-electron chi connectivity index (χ3n) is 4.44. The molecule has 0 radical (unpaired) electrons. The van der Waals surface area contributed by atoms with Crippen molar-refractivity contribution in [3.05, 3.63) is 94.2 Å². The number of thioether (sulfide) groups is 1. The highest BCUT2D eigenvalue weighted by Crippen LogP contribution is 2.39. The van der Waals surface area contributed by atoms with Crippen molar-refractivity contribution in [3.8, 4) is 11.5 Å². The van der Waals surface area contributed by atoms with Crippen LogP contribution >= 0.6 is 27.7 Å². The summed E-state index contributed by atoms with van der Waals surface area (Å²) in [5, 5.41) is 0.00210. The van der Waals surface area contributed by atoms with Crippen molar-refractivity contribution in [3.63, 3.8) is 0 Å². The molecule has 6 heteroatoms. The van der Waals surface area contributed by atoms with E-state index in [0.717, 1.165) is 15.8 Å². The van der Waals surface area contributed by atoms with Crippen LogP contribution in [-0.4, -0.2) is 23.1 Å². The first-order valence-corrected chi connectivity index (χ1v) is 10.7. The van der Waals surface area contributed by atoms with Crippen LogP contribution in [0.2, 0.25) is 0 Å². The number of ether oxygens (including phenoxy) is 1. The molecule has 4 rings (SSSR count). The van der Waals surface area contributed by atoms with Crippen LogP contribution in [0.15, 0.2) is 77.3 Å². The second-order valence-corrected chi connectivity index (χ2v) is 8.46. The lowest BCUT2D eigenvalue weighted by atomic mass is 10.1. The molecule has 1 amide bonds. The van der Waals surface area contributed by atoms with Crippen molar-refractivity contribution in [1.29, 1.82) is 0 Å². The van der Waals surface area contributed by atoms with Crippen LogP contribution in [0.5, 0.6) is 11.5 Å². The number of amides is 1. The first-order valence-electron chi connectivity index (χ1n) is 8.82. The highest BCUT2D eigenvalue weighted by Gasteiger charge is 2.31. The Labute approximate surface area is 175 Å². The molecular weight excluding hydrogens is 441 g/mol. The monoisotopic (exact) mass is 457 g/mol. The maximum atomic E-state index is 13.1. The number of halogens is 2. The molecule has 0 spiro atoms. The van der Waals surface area contributed by atoms with E-state index in [0.29, 0.717) is 23.6 Å². The fourth-order valence-corrected chi connectivity index (χ4v) is 4.60. The van der Waals surface area contributed by atoms with Gasteiger partial charge in [0, 0.05) is 22.3 Å². The fraction of sp³-hybridized carbons (Fsp3) is 0.136. The van der Waals surface area contributed by atoms with Gasteiger partial charge in [0.1, 0.15) is 22.7 Å². The van der Waals surface area contributed by atoms with E-state index < -0.39 is 0 Å². The Morgan fingerprint density at radius 2 is 1.79 bits per heavy atom. The van der Waals surface area contributed by atoms with Gasteiger partial charge in [-0.3, -0.25) is 4.79 Å². The van der Waals surface area contributed by atoms with E-state index >= 15 is 0 Å². The van der Waals surface area contributed by atoms with Gasteiger partial charge in [0.2, 0.25) is 0 Å². The molecule has 0 N–H and O–H groups in total. The highest BCUT2D eigenvalue weighted by molar-refractivity contribution is 9.10. The number of carbonyl (C=O) groups excluding carboxylic acids is 1. The van der Waals surface area contributed by atoms with Gasteiger partial charge >= 0.3 is 0 Å². The van der Waals surface area contributed by atoms with Crippen LogP contribution in [0.25, 0.3) is 0 Å². The highest BCUT2D eigenvalue weighted by atomic mass is 79.9. The molecule has 0 aliphatic carbocycles. The summed E-state index contributed by atoms with van der Waals surface area (Å²) in [5.74, 6) is 1.63. The minimum atomic E-state index is -0.318. The Morgan fingerprint density at radius 1 is 1.04 bits per heavy atom. The number of carbonyl (C=O) groups is 1. The number of nitrogens with zero attached hydrogens (tertiary/aromatic N) is 1. The van der Waals surface area contributed by atoms with Gasteiger partial charge in [0.15, 0.2) is 0 Å². The molecule has 28 heavy (non-hydrogen) atoms. The van der Waals surface area contributed by atoms with Crippen molar-refractivity contribution in [2.75, 3.05) is 12.3 Å². The van der Waals surface area contributed by atoms with Gasteiger partial charge in [-0.2, -0.15) is 0 Å². The average Bonchev–Trinajstić information content (AvgIpc) is 3.20. The van der Waals surface area contributed by atoms with Crippen molar-refractivity contribution < 1.29 is 13.9 Å². The maximum absolute atomic E-state index is 13.1. The van der Waals surface area contributed by atoms with Gasteiger partial charge in [0.25, 0.3) is 5.91 Å². The first-order chi connectivity index (χ1) is 13.6. The van der Waals surface area contributed by atoms with Gasteiger partial charge in [-0.15, -0.1) is 11.8 Å². The molecule has 0 saturated carbocycles. The third kappa shape index (κ3) is 4.23. The fourth-order valence-electron chi connectivity index (χ4n) is 3.08. The van der Waals surface area contributed by atoms with Crippen LogP contribution in [-0.2, 0) is 0 Å². The number of hydrogen-bond acceptors (Lipinski definition) is 3. The van der Waals surface area contributed by atoms with Gasteiger partial charge in [0.05, 0.1) is 0 Å². The molecule has 1 saturated heterocycles. The van der Waals surface area contributed by atoms with E-state index in [1.807, 2.05) is 29.2 Å². The van der Waals surface area contributed by atoms with Crippen LogP contribution in [0, 0.1) is 5.82 Å². The summed E-state index contributed by atoms with van der Waals surface area (Å²) in [4.78, 5) is 15.0. The van der Waals surface area contributed by atoms with E-state index in [-0.39, 0.29) is 17.1 Å². The SMILES string of the molecule is O=C(c1cccc(Oc2ccc(F)cc2)c1)N1CCSC1c1ccc(Br)cc1. The smallest absolute Gasteiger partial charge is 0.255 e. The molecule has 1 atom stereocenters. The first kappa shape index (κ1) is 19.0. The Morgan fingerprint density at radius 3 is 2.54 bits per heavy atom. The molecule has 3 aromatic carbocycles. The maximum Gasteiger partial charge on any atom is 0.255 e. The van der Waals surface area contributed by atoms with Gasteiger partial charge < -0.3 is 9.64 Å². The van der Waals surface area contributed by atoms with E-state index in [1.54, 1.807) is 48.2 Å². The minimum absolute atomic E-state index is 0.00210. The third-order valence-corrected chi connectivity index (χ3v) is 6.23. The quantitative estimate of drug-likeness (QED) is 0.462. The van der Waals surface area contributed by atoms with Gasteiger partial charge in [-0.25, -0.2) is 4.39 Å². The van der Waals surface area contributed by atoms with E-state index in [9.17, 15) is 9.18 Å². The molecule has 1 aliphatic rings. The van der Waals surface area contributed by atoms with Crippen LogP contribution in [0.1, 0.15) is 21.3 Å². The Hall–Kier alpha value is -2.31. The van der Waals surface area contributed by atoms with E-state index in [1.165, 1.54) is 12.1 Å². The summed E-state index contributed by atoms with van der Waals surface area (Å²) >= 11 is 5.22. The van der Waals surface area contributed by atoms with E-state index in [4.69, 9.17) is 4.74 Å². The summed E-state index contributed by atoms with van der Waals surface area (Å²) in [6, 6.07) is 21.0. The molecule has 0 bridgehead atoms. The predicted molar refractivity (Wildman–Crippen MR) is 113 cm³/mol. The largest absolute Gasteiger partial charge is 0.457 e. The molecule has 3 aromatic rings. The Bertz CT molecular complexity index is 979. The normalized spacial score (nSPS) is 16.2. The zero-order valence-electron chi connectivity index (χ0n) is 14.8. The molecular formula is C22H17BrFNO2S. The zero-order valence-corrected chi connectivity index (χ0v) is 17.3. The van der Waals surface area contributed by atoms with Gasteiger partial charge in [-0.1, -0.05) is 34.1 Å². The summed E-state index contributed by atoms with van der Waals surface area (Å²) in [6.07, 6.45) is 0. The average molecular weight is 458 g/mol. The van der Waals surface area contributed by atoms with Crippen molar-refractivity contribution in [2.24, 2.45) is 0 Å². The number of rotatable bonds is 4. The summed E-state index contributed by atoms with van der Waals surface area (Å²) < 4.78 is 19.8. The van der Waals surface area contributed by atoms with Crippen LogP contribution < -0.4 is 4.74 Å². The number of benzene rings is 3. The molecule has 1 aliphatic heterocycles. The van der Waals surface area contributed by atoms with E-state index in [2.05, 4.69) is 15.9 Å². The molecule has 3 nitrogen and oxygen atoms in total. The topological polar surface area (TPSA) is 29.5 Å². The number of hydrogen-bond donors (Lipinski definition) is 0. The molecule has 1 fully saturated rings. The van der Waals surface area contributed by atoms with Crippen molar-refractivity contribution >= 4 is 33.6 Å². The standard InChI is InChI=1S/C22H17BrFNO2S/c23-17-6-4-15(5-7-17)22-25(12-13-28-22)21(26)16-2-1-3-20(14-16)27-19-10-8-18(24)9-11-19/h1-11,14,22H,12-13H2. The zero-order chi connectivity index (χ0) is 19.5. The van der Waals surface area contributed by atoms with Crippen LogP contribution in [0.4, 0.5) is 4.39 Å². The van der Waals surface area contributed by atoms with Crippen LogP contribution in [0.3, 0.4) is 0 Å². The summed E-state index contributed by atoms with van der Waals surface area (Å²) in [5.41, 5.74) is 1.68. The Balaban J connectivity index is 1.54. The molecule has 1 heterocycles. The lowest BCUT2D eigenvalue weighted by Gasteiger charge is -2.24. The lowest BCUT2D eigenvalue weighted by molar-refractivity contribution is 0.0760. The van der Waals surface area contributed by atoms with Gasteiger partial charge in [-0.05, 0) is 60.2 Å². The molecule has 0 aromatic heterocycles. The second kappa shape index (κ2) is 8.37. The molecule has 142 valence electrons. The van der Waals surface area contributed by atoms with Crippen molar-refractivity contribution in [1.82, 2.24) is 4.90 Å². The predicted octanol–water partition coefficient (Wildman–Crippen LogP) is 6.27. The second-order valence-electron chi connectivity index (χ2n) is 6.36. The minimum Gasteiger partial charge on any atom is -0.457 e. The summed E-state index contributed by atoms with van der Waals surface area (Å²) in [7, 11) is 0.